The number of nitriles is 1. The summed E-state index contributed by atoms with van der Waals surface area (Å²) < 4.78 is 53.7. The first-order valence-electron chi connectivity index (χ1n) is 11.3. The number of hydrogen-bond acceptors (Lipinski definition) is 4. The second-order valence-corrected chi connectivity index (χ2v) is 9.16. The van der Waals surface area contributed by atoms with Gasteiger partial charge in [0.2, 0.25) is 5.91 Å². The van der Waals surface area contributed by atoms with Crippen molar-refractivity contribution in [2.24, 2.45) is 23.5 Å². The molecule has 2 aliphatic heterocycles. The van der Waals surface area contributed by atoms with Gasteiger partial charge in [-0.1, -0.05) is 12.1 Å². The van der Waals surface area contributed by atoms with Crippen molar-refractivity contribution in [3.63, 3.8) is 0 Å². The van der Waals surface area contributed by atoms with Crippen LogP contribution in [0.5, 0.6) is 0 Å². The number of carbonyl (C=O) groups excluding carboxylic acids is 1. The van der Waals surface area contributed by atoms with E-state index in [1.54, 1.807) is 17.0 Å². The Hall–Kier alpha value is -3.12. The van der Waals surface area contributed by atoms with Crippen molar-refractivity contribution in [3.8, 4) is 6.07 Å². The summed E-state index contributed by atoms with van der Waals surface area (Å²) in [5, 5.41) is 9.05. The number of nitrogens with zero attached hydrogens (tertiary/aromatic N) is 3. The molecule has 2 atom stereocenters. The maximum absolute atomic E-state index is 13.5. The number of amides is 1. The van der Waals surface area contributed by atoms with Crippen molar-refractivity contribution >= 4 is 11.6 Å². The summed E-state index contributed by atoms with van der Waals surface area (Å²) in [6, 6.07) is 11.8. The van der Waals surface area contributed by atoms with Crippen LogP contribution < -0.4 is 10.6 Å². The molecule has 1 amide bonds. The lowest BCUT2D eigenvalue weighted by molar-refractivity contribution is -0.137. The minimum absolute atomic E-state index is 0.0567. The van der Waals surface area contributed by atoms with Gasteiger partial charge in [0.1, 0.15) is 5.82 Å². The van der Waals surface area contributed by atoms with E-state index in [-0.39, 0.29) is 24.2 Å². The fourth-order valence-electron chi connectivity index (χ4n) is 5.31. The minimum Gasteiger partial charge on any atom is -0.370 e. The van der Waals surface area contributed by atoms with Gasteiger partial charge in [-0.3, -0.25) is 9.69 Å². The van der Waals surface area contributed by atoms with E-state index in [1.807, 2.05) is 6.07 Å². The summed E-state index contributed by atoms with van der Waals surface area (Å²) in [7, 11) is 0. The van der Waals surface area contributed by atoms with Gasteiger partial charge >= 0.3 is 6.18 Å². The fourth-order valence-corrected chi connectivity index (χ4v) is 5.31. The number of primary amides is 1. The molecular formula is C25H26F4N4O. The summed E-state index contributed by atoms with van der Waals surface area (Å²) in [5.41, 5.74) is 5.53. The monoisotopic (exact) mass is 474 g/mol. The molecule has 2 fully saturated rings. The van der Waals surface area contributed by atoms with Crippen LogP contribution in [0, 0.1) is 34.9 Å². The standard InChI is InChI=1S/C25H26F4N4O/c26-19-3-1-2-16(10-19)13-32-8-6-17(7-9-32)21-14-33(15-22(21)24(31)34)20-5-4-18(12-30)23(11-20)25(27,28)29/h1-5,10-11,17,21-22H,6-9,13-15H2,(H2,31,34)/t21-,22+/m0/s1. The molecule has 0 saturated carbocycles. The highest BCUT2D eigenvalue weighted by Crippen LogP contribution is 2.40. The van der Waals surface area contributed by atoms with Gasteiger partial charge in [-0.05, 0) is 73.7 Å². The summed E-state index contributed by atoms with van der Waals surface area (Å²) in [4.78, 5) is 16.2. The molecule has 9 heteroatoms. The Labute approximate surface area is 195 Å². The SMILES string of the molecule is N#Cc1ccc(N2C[C@@H](C(N)=O)[C@H](C3CCN(Cc4cccc(F)c4)CC3)C2)cc1C(F)(F)F. The van der Waals surface area contributed by atoms with E-state index in [9.17, 15) is 22.4 Å². The van der Waals surface area contributed by atoms with Crippen LogP contribution in [0.1, 0.15) is 29.5 Å². The second kappa shape index (κ2) is 9.63. The van der Waals surface area contributed by atoms with E-state index >= 15 is 0 Å². The highest BCUT2D eigenvalue weighted by molar-refractivity contribution is 5.79. The van der Waals surface area contributed by atoms with Gasteiger partial charge in [0.05, 0.1) is 23.1 Å². The van der Waals surface area contributed by atoms with Crippen molar-refractivity contribution in [2.45, 2.75) is 25.6 Å². The highest BCUT2D eigenvalue weighted by atomic mass is 19.4. The number of hydrogen-bond donors (Lipinski definition) is 1. The first-order chi connectivity index (χ1) is 16.2. The van der Waals surface area contributed by atoms with Crippen LogP contribution >= 0.6 is 0 Å². The van der Waals surface area contributed by atoms with Crippen molar-refractivity contribution in [1.82, 2.24) is 4.90 Å². The van der Waals surface area contributed by atoms with Gasteiger partial charge in [-0.15, -0.1) is 0 Å². The van der Waals surface area contributed by atoms with Crippen molar-refractivity contribution < 1.29 is 22.4 Å². The smallest absolute Gasteiger partial charge is 0.370 e. The molecule has 4 rings (SSSR count). The lowest BCUT2D eigenvalue weighted by Crippen LogP contribution is -2.40. The van der Waals surface area contributed by atoms with Gasteiger partial charge < -0.3 is 10.6 Å². The number of likely N-dealkylation sites (tertiary alicyclic amines) is 1. The average molecular weight is 475 g/mol. The van der Waals surface area contributed by atoms with Crippen LogP contribution in [0.4, 0.5) is 23.2 Å². The van der Waals surface area contributed by atoms with Crippen LogP contribution in [-0.4, -0.2) is 37.0 Å². The molecule has 2 N–H and O–H groups in total. The normalized spacial score (nSPS) is 22.0. The van der Waals surface area contributed by atoms with Crippen molar-refractivity contribution in [2.75, 3.05) is 31.1 Å². The van der Waals surface area contributed by atoms with Gasteiger partial charge in [-0.2, -0.15) is 18.4 Å². The molecule has 0 unspecified atom stereocenters. The average Bonchev–Trinajstić information content (AvgIpc) is 3.24. The number of nitrogens with two attached hydrogens (primary N) is 1. The third-order valence-electron chi connectivity index (χ3n) is 7.06. The fraction of sp³-hybridized carbons (Fsp3) is 0.440. The summed E-state index contributed by atoms with van der Waals surface area (Å²) >= 11 is 0. The van der Waals surface area contributed by atoms with E-state index in [1.165, 1.54) is 24.3 Å². The molecule has 34 heavy (non-hydrogen) atoms. The summed E-state index contributed by atoms with van der Waals surface area (Å²) in [6.07, 6.45) is -2.98. The van der Waals surface area contributed by atoms with Gasteiger partial charge in [0, 0.05) is 25.3 Å². The van der Waals surface area contributed by atoms with Crippen molar-refractivity contribution in [1.29, 1.82) is 5.26 Å². The molecule has 0 spiro atoms. The molecule has 2 heterocycles. The zero-order chi connectivity index (χ0) is 24.5. The number of carbonyl (C=O) groups is 1. The Morgan fingerprint density at radius 2 is 1.85 bits per heavy atom. The van der Waals surface area contributed by atoms with Gasteiger partial charge in [0.25, 0.3) is 0 Å². The zero-order valence-electron chi connectivity index (χ0n) is 18.6. The second-order valence-electron chi connectivity index (χ2n) is 9.16. The van der Waals surface area contributed by atoms with Crippen LogP contribution in [0.15, 0.2) is 42.5 Å². The number of alkyl halides is 3. The Morgan fingerprint density at radius 1 is 1.12 bits per heavy atom. The number of benzene rings is 2. The number of anilines is 1. The van der Waals surface area contributed by atoms with E-state index in [0.717, 1.165) is 37.6 Å². The quantitative estimate of drug-likeness (QED) is 0.661. The first kappa shape index (κ1) is 24.0. The number of halogens is 4. The van der Waals surface area contributed by atoms with E-state index in [4.69, 9.17) is 11.0 Å². The molecule has 2 aliphatic rings. The topological polar surface area (TPSA) is 73.4 Å². The van der Waals surface area contributed by atoms with Gasteiger partial charge in [0.15, 0.2) is 0 Å². The third-order valence-corrected chi connectivity index (χ3v) is 7.06. The molecule has 0 aliphatic carbocycles. The van der Waals surface area contributed by atoms with Crippen molar-refractivity contribution in [3.05, 3.63) is 65.0 Å². The lowest BCUT2D eigenvalue weighted by Gasteiger charge is -2.36. The molecular weight excluding hydrogens is 448 g/mol. The molecule has 0 bridgehead atoms. The lowest BCUT2D eigenvalue weighted by atomic mass is 9.78. The highest BCUT2D eigenvalue weighted by Gasteiger charge is 2.42. The maximum atomic E-state index is 13.5. The largest absolute Gasteiger partial charge is 0.417 e. The van der Waals surface area contributed by atoms with Gasteiger partial charge in [-0.25, -0.2) is 4.39 Å². The summed E-state index contributed by atoms with van der Waals surface area (Å²) in [5.74, 6) is -1.01. The predicted molar refractivity (Wildman–Crippen MR) is 119 cm³/mol. The molecule has 180 valence electrons. The molecule has 5 nitrogen and oxygen atoms in total. The predicted octanol–water partition coefficient (Wildman–Crippen LogP) is 4.17. The van der Waals surface area contributed by atoms with E-state index in [2.05, 4.69) is 4.90 Å². The van der Waals surface area contributed by atoms with Crippen LogP contribution in [0.3, 0.4) is 0 Å². The Bertz CT molecular complexity index is 1090. The molecule has 0 radical (unpaired) electrons. The van der Waals surface area contributed by atoms with E-state index in [0.29, 0.717) is 18.8 Å². The molecule has 2 aromatic rings. The number of rotatable bonds is 5. The van der Waals surface area contributed by atoms with Crippen LogP contribution in [0.25, 0.3) is 0 Å². The Morgan fingerprint density at radius 3 is 2.47 bits per heavy atom. The summed E-state index contributed by atoms with van der Waals surface area (Å²) in [6.45, 7) is 2.92. The molecule has 0 aromatic heterocycles. The van der Waals surface area contributed by atoms with Crippen LogP contribution in [0.2, 0.25) is 0 Å². The number of piperidine rings is 1. The van der Waals surface area contributed by atoms with Crippen LogP contribution in [-0.2, 0) is 17.5 Å². The molecule has 2 aromatic carbocycles. The first-order valence-corrected chi connectivity index (χ1v) is 11.3. The minimum atomic E-state index is -4.64. The Kier molecular flexibility index (Phi) is 6.80. The zero-order valence-corrected chi connectivity index (χ0v) is 18.6. The maximum Gasteiger partial charge on any atom is 0.417 e. The van der Waals surface area contributed by atoms with E-state index < -0.39 is 29.1 Å². The Balaban J connectivity index is 1.45. The third kappa shape index (κ3) is 5.17. The molecule has 2 saturated heterocycles.